The van der Waals surface area contributed by atoms with Gasteiger partial charge in [0.2, 0.25) is 5.91 Å². The molecule has 0 saturated carbocycles. The van der Waals surface area contributed by atoms with Crippen LogP contribution in [0.15, 0.2) is 51.4 Å². The lowest BCUT2D eigenvalue weighted by Gasteiger charge is -2.29. The van der Waals surface area contributed by atoms with Crippen molar-refractivity contribution in [3.05, 3.63) is 62.5 Å². The Kier molecular flexibility index (Phi) is 9.98. The average molecular weight is 582 g/mol. The monoisotopic (exact) mass is 580 g/mol. The van der Waals surface area contributed by atoms with Crippen LogP contribution in [0, 0.1) is 5.92 Å². The Hall–Kier alpha value is -1.86. The number of amides is 2. The van der Waals surface area contributed by atoms with E-state index in [0.717, 1.165) is 14.5 Å². The zero-order chi connectivity index (χ0) is 24.8. The third-order valence-electron chi connectivity index (χ3n) is 5.24. The molecule has 2 amide bonds. The molecule has 0 aliphatic heterocycles. The van der Waals surface area contributed by atoms with Crippen molar-refractivity contribution in [2.75, 3.05) is 13.2 Å². The molecule has 0 aliphatic carbocycles. The molecule has 7 heteroatoms. The molecule has 0 fully saturated rings. The highest BCUT2D eigenvalue weighted by atomic mass is 79.9. The Bertz CT molecular complexity index is 970. The molecule has 0 unspecified atom stereocenters. The van der Waals surface area contributed by atoms with Crippen molar-refractivity contribution < 1.29 is 14.3 Å². The van der Waals surface area contributed by atoms with E-state index in [9.17, 15) is 9.59 Å². The van der Waals surface area contributed by atoms with Gasteiger partial charge in [-0.3, -0.25) is 9.59 Å². The number of benzene rings is 2. The first-order valence-corrected chi connectivity index (χ1v) is 12.7. The second-order valence-electron chi connectivity index (χ2n) is 9.65. The molecule has 0 aliphatic rings. The number of rotatable bonds is 9. The van der Waals surface area contributed by atoms with Crippen LogP contribution in [0.2, 0.25) is 0 Å². The molecule has 0 spiro atoms. The molecule has 0 radical (unpaired) electrons. The van der Waals surface area contributed by atoms with Crippen molar-refractivity contribution in [2.45, 2.75) is 59.5 Å². The molecule has 5 nitrogen and oxygen atoms in total. The van der Waals surface area contributed by atoms with E-state index in [1.165, 1.54) is 5.56 Å². The minimum Gasteiger partial charge on any atom is -0.483 e. The molecule has 1 N–H and O–H groups in total. The first-order valence-electron chi connectivity index (χ1n) is 11.1. The topological polar surface area (TPSA) is 58.6 Å². The molecular formula is C26H34Br2N2O3. The van der Waals surface area contributed by atoms with Crippen molar-refractivity contribution in [1.82, 2.24) is 10.2 Å². The molecule has 0 aromatic heterocycles. The predicted molar refractivity (Wildman–Crippen MR) is 140 cm³/mol. The fourth-order valence-electron chi connectivity index (χ4n) is 3.17. The fourth-order valence-corrected chi connectivity index (χ4v) is 4.11. The second kappa shape index (κ2) is 12.0. The lowest BCUT2D eigenvalue weighted by molar-refractivity contribution is -0.142. The van der Waals surface area contributed by atoms with Crippen molar-refractivity contribution in [3.8, 4) is 5.75 Å². The van der Waals surface area contributed by atoms with Gasteiger partial charge in [-0.05, 0) is 69.6 Å². The van der Waals surface area contributed by atoms with E-state index in [1.807, 2.05) is 56.3 Å². The first-order chi connectivity index (χ1) is 15.4. The molecule has 2 aromatic carbocycles. The summed E-state index contributed by atoms with van der Waals surface area (Å²) in [7, 11) is 0. The lowest BCUT2D eigenvalue weighted by atomic mass is 9.87. The summed E-state index contributed by atoms with van der Waals surface area (Å²) in [5, 5.41) is 2.93. The van der Waals surface area contributed by atoms with Gasteiger partial charge in [-0.2, -0.15) is 0 Å². The number of hydrogen-bond acceptors (Lipinski definition) is 3. The SMILES string of the molecule is CC(C)CNC(=O)[C@@H](C)N(Cc1cccc(Br)c1)C(=O)COc1ccc(C(C)(C)C)cc1Br. The number of carbonyl (C=O) groups excluding carboxylic acids is 2. The molecule has 0 heterocycles. The minimum absolute atomic E-state index is 0.0103. The van der Waals surface area contributed by atoms with E-state index in [-0.39, 0.29) is 23.8 Å². The average Bonchev–Trinajstić information content (AvgIpc) is 2.73. The van der Waals surface area contributed by atoms with Gasteiger partial charge in [-0.1, -0.05) is 68.7 Å². The Labute approximate surface area is 214 Å². The van der Waals surface area contributed by atoms with Crippen LogP contribution in [-0.4, -0.2) is 35.9 Å². The minimum atomic E-state index is -0.634. The summed E-state index contributed by atoms with van der Waals surface area (Å²) in [6.07, 6.45) is 0. The van der Waals surface area contributed by atoms with Gasteiger partial charge in [0.05, 0.1) is 4.47 Å². The number of nitrogens with zero attached hydrogens (tertiary/aromatic N) is 1. The van der Waals surface area contributed by atoms with Gasteiger partial charge in [0.15, 0.2) is 6.61 Å². The fraction of sp³-hybridized carbons (Fsp3) is 0.462. The van der Waals surface area contributed by atoms with Gasteiger partial charge in [0.25, 0.3) is 5.91 Å². The Morgan fingerprint density at radius 3 is 2.33 bits per heavy atom. The van der Waals surface area contributed by atoms with Gasteiger partial charge in [0, 0.05) is 17.6 Å². The summed E-state index contributed by atoms with van der Waals surface area (Å²) in [4.78, 5) is 27.5. The van der Waals surface area contributed by atoms with Crippen molar-refractivity contribution in [3.63, 3.8) is 0 Å². The summed E-state index contributed by atoms with van der Waals surface area (Å²) in [6.45, 7) is 13.0. The van der Waals surface area contributed by atoms with Crippen LogP contribution >= 0.6 is 31.9 Å². The van der Waals surface area contributed by atoms with Gasteiger partial charge in [-0.25, -0.2) is 0 Å². The third-order valence-corrected chi connectivity index (χ3v) is 6.36. The summed E-state index contributed by atoms with van der Waals surface area (Å²) < 4.78 is 7.57. The lowest BCUT2D eigenvalue weighted by Crippen LogP contribution is -2.49. The molecule has 1 atom stereocenters. The first kappa shape index (κ1) is 27.4. The summed E-state index contributed by atoms with van der Waals surface area (Å²) in [5.74, 6) is 0.486. The smallest absolute Gasteiger partial charge is 0.261 e. The molecule has 180 valence electrons. The Morgan fingerprint density at radius 2 is 1.76 bits per heavy atom. The number of hydrogen-bond donors (Lipinski definition) is 1. The zero-order valence-corrected chi connectivity index (χ0v) is 23.4. The van der Waals surface area contributed by atoms with Crippen LogP contribution in [0.5, 0.6) is 5.75 Å². The van der Waals surface area contributed by atoms with Gasteiger partial charge in [-0.15, -0.1) is 0 Å². The number of halogens is 2. The number of nitrogens with one attached hydrogen (secondary N) is 1. The Morgan fingerprint density at radius 1 is 1.06 bits per heavy atom. The summed E-state index contributed by atoms with van der Waals surface area (Å²) in [6, 6.07) is 13.0. The van der Waals surface area contributed by atoms with Gasteiger partial charge < -0.3 is 15.0 Å². The van der Waals surface area contributed by atoms with Gasteiger partial charge >= 0.3 is 0 Å². The molecule has 2 aromatic rings. The van der Waals surface area contributed by atoms with E-state index in [1.54, 1.807) is 11.8 Å². The quantitative estimate of drug-likeness (QED) is 0.390. The molecule has 0 bridgehead atoms. The maximum Gasteiger partial charge on any atom is 0.261 e. The van der Waals surface area contributed by atoms with Crippen LogP contribution in [0.3, 0.4) is 0 Å². The third kappa shape index (κ3) is 8.45. The molecular weight excluding hydrogens is 548 g/mol. The van der Waals surface area contributed by atoms with Gasteiger partial charge in [0.1, 0.15) is 11.8 Å². The molecule has 33 heavy (non-hydrogen) atoms. The van der Waals surface area contributed by atoms with E-state index in [0.29, 0.717) is 24.8 Å². The van der Waals surface area contributed by atoms with Crippen LogP contribution in [0.1, 0.15) is 52.7 Å². The number of ether oxygens (including phenoxy) is 1. The van der Waals surface area contributed by atoms with Crippen LogP contribution in [-0.2, 0) is 21.5 Å². The summed E-state index contributed by atoms with van der Waals surface area (Å²) >= 11 is 7.03. The van der Waals surface area contributed by atoms with E-state index in [4.69, 9.17) is 4.74 Å². The number of carbonyl (C=O) groups is 2. The van der Waals surface area contributed by atoms with E-state index < -0.39 is 6.04 Å². The normalized spacial score (nSPS) is 12.4. The van der Waals surface area contributed by atoms with E-state index >= 15 is 0 Å². The van der Waals surface area contributed by atoms with E-state index in [2.05, 4.69) is 57.9 Å². The van der Waals surface area contributed by atoms with Crippen molar-refractivity contribution >= 4 is 43.7 Å². The van der Waals surface area contributed by atoms with Crippen LogP contribution in [0.25, 0.3) is 0 Å². The largest absolute Gasteiger partial charge is 0.483 e. The Balaban J connectivity index is 2.17. The zero-order valence-electron chi connectivity index (χ0n) is 20.2. The highest BCUT2D eigenvalue weighted by molar-refractivity contribution is 9.10. The van der Waals surface area contributed by atoms with Crippen LogP contribution in [0.4, 0.5) is 0 Å². The van der Waals surface area contributed by atoms with Crippen LogP contribution < -0.4 is 10.1 Å². The maximum atomic E-state index is 13.2. The highest BCUT2D eigenvalue weighted by Crippen LogP contribution is 2.31. The summed E-state index contributed by atoms with van der Waals surface area (Å²) in [5.41, 5.74) is 2.10. The van der Waals surface area contributed by atoms with Crippen molar-refractivity contribution in [1.29, 1.82) is 0 Å². The molecule has 2 rings (SSSR count). The van der Waals surface area contributed by atoms with Crippen molar-refractivity contribution in [2.24, 2.45) is 5.92 Å². The second-order valence-corrected chi connectivity index (χ2v) is 11.4. The highest BCUT2D eigenvalue weighted by Gasteiger charge is 2.27. The maximum absolute atomic E-state index is 13.2. The molecule has 0 saturated heterocycles. The standard InChI is InChI=1S/C26H34Br2N2O3/c1-17(2)14-29-25(32)18(3)30(15-19-8-7-9-21(27)12-19)24(31)16-33-23-11-10-20(13-22(23)28)26(4,5)6/h7-13,17-18H,14-16H2,1-6H3,(H,29,32)/t18-/m1/s1. The predicted octanol–water partition coefficient (Wildman–Crippen LogP) is 6.08.